The van der Waals surface area contributed by atoms with Gasteiger partial charge in [-0.2, -0.15) is 0 Å². The molecule has 0 aliphatic heterocycles. The zero-order valence-electron chi connectivity index (χ0n) is 6.51. The van der Waals surface area contributed by atoms with E-state index in [0.29, 0.717) is 0 Å². The lowest BCUT2D eigenvalue weighted by Gasteiger charge is -2.04. The number of aromatic amines is 1. The zero-order chi connectivity index (χ0) is 7.73. The fraction of sp³-hybridized carbons (Fsp3) is 0.625. The minimum Gasteiger partial charge on any atom is -0.349 e. The normalized spacial score (nSPS) is 20.1. The zero-order valence-corrected chi connectivity index (χ0v) is 6.51. The molecule has 1 heterocycles. The Bertz CT molecular complexity index is 223. The SMILES string of the molecule is NC1(CCc2ncc[nH]2)CC1. The van der Waals surface area contributed by atoms with Crippen molar-refractivity contribution in [2.45, 2.75) is 31.2 Å². The topological polar surface area (TPSA) is 54.7 Å². The number of aryl methyl sites for hydroxylation is 1. The largest absolute Gasteiger partial charge is 0.349 e. The van der Waals surface area contributed by atoms with Gasteiger partial charge in [-0.25, -0.2) is 4.98 Å². The molecule has 1 aromatic rings. The second-order valence-corrected chi connectivity index (χ2v) is 3.40. The minimum absolute atomic E-state index is 0.160. The Morgan fingerprint density at radius 2 is 2.45 bits per heavy atom. The van der Waals surface area contributed by atoms with Gasteiger partial charge in [-0.05, 0) is 19.3 Å². The van der Waals surface area contributed by atoms with Crippen molar-refractivity contribution in [3.05, 3.63) is 18.2 Å². The average Bonchev–Trinajstić information content (AvgIpc) is 2.53. The number of imidazole rings is 1. The number of nitrogens with one attached hydrogen (secondary N) is 1. The monoisotopic (exact) mass is 151 g/mol. The maximum absolute atomic E-state index is 5.92. The first-order chi connectivity index (χ1) is 5.29. The maximum atomic E-state index is 5.92. The second kappa shape index (κ2) is 2.34. The van der Waals surface area contributed by atoms with E-state index >= 15 is 0 Å². The van der Waals surface area contributed by atoms with Crippen LogP contribution in [0.5, 0.6) is 0 Å². The molecule has 60 valence electrons. The number of aromatic nitrogens is 2. The molecule has 1 aliphatic rings. The molecule has 0 aromatic carbocycles. The summed E-state index contributed by atoms with van der Waals surface area (Å²) in [6, 6.07) is 0. The van der Waals surface area contributed by atoms with Crippen LogP contribution in [0.2, 0.25) is 0 Å². The number of nitrogens with two attached hydrogens (primary N) is 1. The summed E-state index contributed by atoms with van der Waals surface area (Å²) in [7, 11) is 0. The first kappa shape index (κ1) is 6.85. The van der Waals surface area contributed by atoms with Crippen molar-refractivity contribution in [1.29, 1.82) is 0 Å². The molecule has 1 saturated carbocycles. The lowest BCUT2D eigenvalue weighted by atomic mass is 10.1. The summed E-state index contributed by atoms with van der Waals surface area (Å²) in [5.41, 5.74) is 6.08. The quantitative estimate of drug-likeness (QED) is 0.672. The highest BCUT2D eigenvalue weighted by Crippen LogP contribution is 2.36. The van der Waals surface area contributed by atoms with Crippen LogP contribution >= 0.6 is 0 Å². The van der Waals surface area contributed by atoms with Gasteiger partial charge in [0.15, 0.2) is 0 Å². The van der Waals surface area contributed by atoms with Crippen LogP contribution in [0.1, 0.15) is 25.1 Å². The van der Waals surface area contributed by atoms with Gasteiger partial charge in [-0.3, -0.25) is 0 Å². The Kier molecular flexibility index (Phi) is 1.46. The van der Waals surface area contributed by atoms with E-state index in [4.69, 9.17) is 5.73 Å². The minimum atomic E-state index is 0.160. The fourth-order valence-corrected chi connectivity index (χ4v) is 1.21. The molecule has 2 rings (SSSR count). The molecular formula is C8H13N3. The van der Waals surface area contributed by atoms with Crippen molar-refractivity contribution >= 4 is 0 Å². The highest BCUT2D eigenvalue weighted by Gasteiger charge is 2.37. The van der Waals surface area contributed by atoms with Crippen molar-refractivity contribution in [3.8, 4) is 0 Å². The van der Waals surface area contributed by atoms with Crippen LogP contribution in [0.15, 0.2) is 12.4 Å². The second-order valence-electron chi connectivity index (χ2n) is 3.40. The van der Waals surface area contributed by atoms with Crippen molar-refractivity contribution in [2.75, 3.05) is 0 Å². The van der Waals surface area contributed by atoms with Gasteiger partial charge in [0.05, 0.1) is 0 Å². The highest BCUT2D eigenvalue weighted by molar-refractivity contribution is 5.01. The number of nitrogens with zero attached hydrogens (tertiary/aromatic N) is 1. The Balaban J connectivity index is 1.83. The van der Waals surface area contributed by atoms with Crippen LogP contribution in [-0.2, 0) is 6.42 Å². The molecule has 3 heteroatoms. The van der Waals surface area contributed by atoms with Crippen LogP contribution in [0, 0.1) is 0 Å². The first-order valence-electron chi connectivity index (χ1n) is 4.06. The van der Waals surface area contributed by atoms with Crippen LogP contribution in [-0.4, -0.2) is 15.5 Å². The van der Waals surface area contributed by atoms with Crippen molar-refractivity contribution in [2.24, 2.45) is 5.73 Å². The van der Waals surface area contributed by atoms with E-state index in [1.807, 2.05) is 6.20 Å². The molecule has 11 heavy (non-hydrogen) atoms. The van der Waals surface area contributed by atoms with Crippen LogP contribution in [0.25, 0.3) is 0 Å². The van der Waals surface area contributed by atoms with Gasteiger partial charge in [0.25, 0.3) is 0 Å². The van der Waals surface area contributed by atoms with Gasteiger partial charge in [0, 0.05) is 24.4 Å². The summed E-state index contributed by atoms with van der Waals surface area (Å²) in [5.74, 6) is 1.06. The van der Waals surface area contributed by atoms with Crippen LogP contribution in [0.3, 0.4) is 0 Å². The lowest BCUT2D eigenvalue weighted by Crippen LogP contribution is -2.22. The third-order valence-corrected chi connectivity index (χ3v) is 2.31. The number of rotatable bonds is 3. The molecule has 0 spiro atoms. The van der Waals surface area contributed by atoms with E-state index in [-0.39, 0.29) is 5.54 Å². The molecular weight excluding hydrogens is 138 g/mol. The van der Waals surface area contributed by atoms with E-state index < -0.39 is 0 Å². The molecule has 1 aromatic heterocycles. The maximum Gasteiger partial charge on any atom is 0.106 e. The van der Waals surface area contributed by atoms with Crippen LogP contribution in [0.4, 0.5) is 0 Å². The lowest BCUT2D eigenvalue weighted by molar-refractivity contribution is 0.598. The van der Waals surface area contributed by atoms with Crippen molar-refractivity contribution in [1.82, 2.24) is 9.97 Å². The average molecular weight is 151 g/mol. The molecule has 1 fully saturated rings. The predicted molar refractivity (Wildman–Crippen MR) is 43.1 cm³/mol. The predicted octanol–water partition coefficient (Wildman–Crippen LogP) is 0.834. The molecule has 3 N–H and O–H groups in total. The Morgan fingerprint density at radius 3 is 3.00 bits per heavy atom. The molecule has 3 nitrogen and oxygen atoms in total. The number of hydrogen-bond donors (Lipinski definition) is 2. The molecule has 0 unspecified atom stereocenters. The Hall–Kier alpha value is -0.830. The fourth-order valence-electron chi connectivity index (χ4n) is 1.21. The smallest absolute Gasteiger partial charge is 0.106 e. The molecule has 0 bridgehead atoms. The molecule has 1 aliphatic carbocycles. The third-order valence-electron chi connectivity index (χ3n) is 2.31. The molecule has 0 atom stereocenters. The van der Waals surface area contributed by atoms with E-state index in [2.05, 4.69) is 9.97 Å². The van der Waals surface area contributed by atoms with Crippen LogP contribution < -0.4 is 5.73 Å². The number of H-pyrrole nitrogens is 1. The van der Waals surface area contributed by atoms with E-state index in [1.54, 1.807) is 6.20 Å². The van der Waals surface area contributed by atoms with Crippen molar-refractivity contribution in [3.63, 3.8) is 0 Å². The van der Waals surface area contributed by atoms with Gasteiger partial charge in [-0.1, -0.05) is 0 Å². The van der Waals surface area contributed by atoms with Gasteiger partial charge in [-0.15, -0.1) is 0 Å². The van der Waals surface area contributed by atoms with Gasteiger partial charge in [0.1, 0.15) is 5.82 Å². The van der Waals surface area contributed by atoms with Crippen molar-refractivity contribution < 1.29 is 0 Å². The summed E-state index contributed by atoms with van der Waals surface area (Å²) in [6.45, 7) is 0. The first-order valence-corrected chi connectivity index (χ1v) is 4.06. The summed E-state index contributed by atoms with van der Waals surface area (Å²) >= 11 is 0. The third kappa shape index (κ3) is 1.60. The van der Waals surface area contributed by atoms with E-state index in [0.717, 1.165) is 18.7 Å². The Morgan fingerprint density at radius 1 is 1.64 bits per heavy atom. The summed E-state index contributed by atoms with van der Waals surface area (Å²) in [5, 5.41) is 0. The van der Waals surface area contributed by atoms with E-state index in [1.165, 1.54) is 12.8 Å². The number of hydrogen-bond acceptors (Lipinski definition) is 2. The van der Waals surface area contributed by atoms with Gasteiger partial charge in [0.2, 0.25) is 0 Å². The van der Waals surface area contributed by atoms with Gasteiger partial charge >= 0.3 is 0 Å². The standard InChI is InChI=1S/C8H13N3/c9-8(3-4-8)2-1-7-10-5-6-11-7/h5-6H,1-4,9H2,(H,10,11). The summed E-state index contributed by atoms with van der Waals surface area (Å²) in [6.07, 6.45) is 8.07. The molecule has 0 radical (unpaired) electrons. The highest BCUT2D eigenvalue weighted by atomic mass is 14.9. The molecule has 0 saturated heterocycles. The summed E-state index contributed by atoms with van der Waals surface area (Å²) in [4.78, 5) is 7.21. The molecule has 0 amide bonds. The van der Waals surface area contributed by atoms with E-state index in [9.17, 15) is 0 Å². The van der Waals surface area contributed by atoms with Gasteiger partial charge < -0.3 is 10.7 Å². The Labute approximate surface area is 66.0 Å². The summed E-state index contributed by atoms with van der Waals surface area (Å²) < 4.78 is 0.